The van der Waals surface area contributed by atoms with Crippen molar-refractivity contribution < 1.29 is 4.39 Å². The highest BCUT2D eigenvalue weighted by molar-refractivity contribution is 7.99. The third-order valence-corrected chi connectivity index (χ3v) is 5.73. The molecule has 0 saturated carbocycles. The molecule has 0 spiro atoms. The summed E-state index contributed by atoms with van der Waals surface area (Å²) in [5.41, 5.74) is 2.86. The molecule has 2 nitrogen and oxygen atoms in total. The van der Waals surface area contributed by atoms with Crippen LogP contribution in [0.2, 0.25) is 0 Å². The van der Waals surface area contributed by atoms with E-state index in [1.165, 1.54) is 12.8 Å². The number of hydrogen-bond acceptors (Lipinski definition) is 2. The minimum absolute atomic E-state index is 0.202. The standard InChI is InChI=1S/C20H19FN2S/c21-18-12-16(10-9-15-6-2-1-3-7-15)13-19-17(18)14-22-23(19)20-8-4-5-11-24-20/h1-3,6-7,9-10,12-14,20H,4-5,8,11H2/b10-9+. The summed E-state index contributed by atoms with van der Waals surface area (Å²) in [7, 11) is 0. The molecule has 1 aliphatic heterocycles. The van der Waals surface area contributed by atoms with E-state index in [1.807, 2.05) is 65.0 Å². The first-order valence-corrected chi connectivity index (χ1v) is 9.38. The fourth-order valence-electron chi connectivity index (χ4n) is 3.12. The van der Waals surface area contributed by atoms with E-state index >= 15 is 0 Å². The minimum Gasteiger partial charge on any atom is -0.252 e. The zero-order valence-corrected chi connectivity index (χ0v) is 14.2. The van der Waals surface area contributed by atoms with Gasteiger partial charge < -0.3 is 0 Å². The first kappa shape index (κ1) is 15.5. The van der Waals surface area contributed by atoms with Gasteiger partial charge in [0.1, 0.15) is 5.82 Å². The lowest BCUT2D eigenvalue weighted by Gasteiger charge is -2.22. The lowest BCUT2D eigenvalue weighted by molar-refractivity contribution is 0.537. The highest BCUT2D eigenvalue weighted by Gasteiger charge is 2.19. The van der Waals surface area contributed by atoms with Crippen molar-refractivity contribution in [3.8, 4) is 0 Å². The Kier molecular flexibility index (Phi) is 4.39. The van der Waals surface area contributed by atoms with Gasteiger partial charge in [-0.15, -0.1) is 11.8 Å². The monoisotopic (exact) mass is 338 g/mol. The molecular formula is C20H19FN2S. The van der Waals surface area contributed by atoms with Crippen LogP contribution in [0.25, 0.3) is 23.1 Å². The zero-order chi connectivity index (χ0) is 16.4. The number of rotatable bonds is 3. The molecule has 24 heavy (non-hydrogen) atoms. The second kappa shape index (κ2) is 6.81. The highest BCUT2D eigenvalue weighted by Crippen LogP contribution is 2.36. The fraction of sp³-hybridized carbons (Fsp3) is 0.250. The smallest absolute Gasteiger partial charge is 0.134 e. The van der Waals surface area contributed by atoms with Crippen LogP contribution >= 0.6 is 11.8 Å². The van der Waals surface area contributed by atoms with Gasteiger partial charge in [-0.05, 0) is 48.3 Å². The molecule has 0 amide bonds. The Bertz CT molecular complexity index is 864. The van der Waals surface area contributed by atoms with E-state index in [0.29, 0.717) is 10.8 Å². The molecule has 3 aromatic rings. The van der Waals surface area contributed by atoms with E-state index in [-0.39, 0.29) is 5.82 Å². The molecule has 0 N–H and O–H groups in total. The van der Waals surface area contributed by atoms with Crippen LogP contribution in [0, 0.1) is 5.82 Å². The third-order valence-electron chi connectivity index (χ3n) is 4.38. The van der Waals surface area contributed by atoms with Crippen molar-refractivity contribution in [1.29, 1.82) is 0 Å². The lowest BCUT2D eigenvalue weighted by Crippen LogP contribution is -2.11. The van der Waals surface area contributed by atoms with Gasteiger partial charge in [-0.1, -0.05) is 42.5 Å². The Hall–Kier alpha value is -2.07. The van der Waals surface area contributed by atoms with Crippen molar-refractivity contribution in [2.75, 3.05) is 5.75 Å². The molecular weight excluding hydrogens is 319 g/mol. The van der Waals surface area contributed by atoms with Crippen LogP contribution in [0.15, 0.2) is 48.7 Å². The van der Waals surface area contributed by atoms with Gasteiger partial charge in [0.2, 0.25) is 0 Å². The molecule has 4 heteroatoms. The van der Waals surface area contributed by atoms with E-state index in [9.17, 15) is 4.39 Å². The highest BCUT2D eigenvalue weighted by atomic mass is 32.2. The maximum absolute atomic E-state index is 14.5. The molecule has 1 atom stereocenters. The van der Waals surface area contributed by atoms with Crippen LogP contribution in [0.3, 0.4) is 0 Å². The van der Waals surface area contributed by atoms with Crippen LogP contribution in [0.1, 0.15) is 35.8 Å². The van der Waals surface area contributed by atoms with Gasteiger partial charge in [-0.25, -0.2) is 4.39 Å². The molecule has 0 radical (unpaired) electrons. The van der Waals surface area contributed by atoms with Crippen LogP contribution in [-0.4, -0.2) is 15.5 Å². The summed E-state index contributed by atoms with van der Waals surface area (Å²) in [6.45, 7) is 0. The zero-order valence-electron chi connectivity index (χ0n) is 13.4. The van der Waals surface area contributed by atoms with E-state index in [4.69, 9.17) is 0 Å². The Labute approximate surface area is 145 Å². The van der Waals surface area contributed by atoms with Crippen LogP contribution in [0.4, 0.5) is 4.39 Å². The Morgan fingerprint density at radius 2 is 1.92 bits per heavy atom. The molecule has 0 bridgehead atoms. The summed E-state index contributed by atoms with van der Waals surface area (Å²) in [6.07, 6.45) is 9.21. The number of nitrogens with zero attached hydrogens (tertiary/aromatic N) is 2. The Balaban J connectivity index is 1.71. The van der Waals surface area contributed by atoms with Crippen molar-refractivity contribution in [1.82, 2.24) is 9.78 Å². The van der Waals surface area contributed by atoms with Gasteiger partial charge >= 0.3 is 0 Å². The summed E-state index contributed by atoms with van der Waals surface area (Å²) >= 11 is 1.92. The molecule has 1 fully saturated rings. The SMILES string of the molecule is Fc1cc(/C=C/c2ccccc2)cc2c1cnn2C1CCCCS1. The number of hydrogen-bond donors (Lipinski definition) is 0. The normalized spacial score (nSPS) is 18.5. The van der Waals surface area contributed by atoms with Gasteiger partial charge in [0.05, 0.1) is 22.5 Å². The molecule has 122 valence electrons. The Morgan fingerprint density at radius 1 is 1.08 bits per heavy atom. The van der Waals surface area contributed by atoms with Crippen LogP contribution < -0.4 is 0 Å². The minimum atomic E-state index is -0.202. The van der Waals surface area contributed by atoms with Crippen molar-refractivity contribution in [3.05, 3.63) is 65.6 Å². The van der Waals surface area contributed by atoms with Gasteiger partial charge in [0.25, 0.3) is 0 Å². The molecule has 2 heterocycles. The molecule has 4 rings (SSSR count). The predicted molar refractivity (Wildman–Crippen MR) is 100 cm³/mol. The topological polar surface area (TPSA) is 17.8 Å². The summed E-state index contributed by atoms with van der Waals surface area (Å²) < 4.78 is 16.5. The summed E-state index contributed by atoms with van der Waals surface area (Å²) in [5.74, 6) is 0.953. The number of thioether (sulfide) groups is 1. The van der Waals surface area contributed by atoms with Crippen molar-refractivity contribution in [3.63, 3.8) is 0 Å². The average Bonchev–Trinajstić information content (AvgIpc) is 3.06. The molecule has 1 aromatic heterocycles. The van der Waals surface area contributed by atoms with E-state index in [2.05, 4.69) is 5.10 Å². The van der Waals surface area contributed by atoms with E-state index < -0.39 is 0 Å². The molecule has 1 aliphatic rings. The average molecular weight is 338 g/mol. The fourth-order valence-corrected chi connectivity index (χ4v) is 4.41. The first-order valence-electron chi connectivity index (χ1n) is 8.33. The van der Waals surface area contributed by atoms with Crippen LogP contribution in [0.5, 0.6) is 0 Å². The van der Waals surface area contributed by atoms with E-state index in [1.54, 1.807) is 12.3 Å². The number of benzene rings is 2. The summed E-state index contributed by atoms with van der Waals surface area (Å²) in [5, 5.41) is 5.40. The first-order chi connectivity index (χ1) is 11.8. The van der Waals surface area contributed by atoms with Gasteiger partial charge in [0, 0.05) is 0 Å². The van der Waals surface area contributed by atoms with Crippen molar-refractivity contribution >= 4 is 34.8 Å². The molecule has 1 saturated heterocycles. The molecule has 2 aromatic carbocycles. The van der Waals surface area contributed by atoms with Gasteiger partial charge in [-0.3, -0.25) is 4.68 Å². The van der Waals surface area contributed by atoms with Gasteiger partial charge in [-0.2, -0.15) is 5.10 Å². The Morgan fingerprint density at radius 3 is 2.71 bits per heavy atom. The predicted octanol–water partition coefficient (Wildman–Crippen LogP) is 5.76. The van der Waals surface area contributed by atoms with E-state index in [0.717, 1.165) is 28.8 Å². The summed E-state index contributed by atoms with van der Waals surface area (Å²) in [6, 6.07) is 13.7. The van der Waals surface area contributed by atoms with Gasteiger partial charge in [0.15, 0.2) is 0 Å². The van der Waals surface area contributed by atoms with Crippen molar-refractivity contribution in [2.24, 2.45) is 0 Å². The maximum atomic E-state index is 14.5. The quantitative estimate of drug-likeness (QED) is 0.565. The second-order valence-corrected chi connectivity index (χ2v) is 7.38. The largest absolute Gasteiger partial charge is 0.252 e. The lowest BCUT2D eigenvalue weighted by atomic mass is 10.1. The number of fused-ring (bicyclic) bond motifs is 1. The summed E-state index contributed by atoms with van der Waals surface area (Å²) in [4.78, 5) is 0. The van der Waals surface area contributed by atoms with Crippen molar-refractivity contribution in [2.45, 2.75) is 24.6 Å². The molecule has 0 aliphatic carbocycles. The third kappa shape index (κ3) is 3.11. The molecule has 1 unspecified atom stereocenters. The maximum Gasteiger partial charge on any atom is 0.134 e. The second-order valence-electron chi connectivity index (χ2n) is 6.09. The number of halogens is 1. The van der Waals surface area contributed by atoms with Crippen LogP contribution in [-0.2, 0) is 0 Å². The number of aromatic nitrogens is 2.